The first-order chi connectivity index (χ1) is 33.0. The molecule has 67 heavy (non-hydrogen) atoms. The molecule has 1 aromatic heterocycles. The zero-order chi connectivity index (χ0) is 44.4. The molecule has 3 nitrogen and oxygen atoms in total. The summed E-state index contributed by atoms with van der Waals surface area (Å²) in [4.78, 5) is 4.91. The fourth-order valence-corrected chi connectivity index (χ4v) is 12.1. The molecule has 3 heteroatoms. The number of anilines is 6. The van der Waals surface area contributed by atoms with Gasteiger partial charge >= 0.3 is 0 Å². The third-order valence-corrected chi connectivity index (χ3v) is 15.1. The van der Waals surface area contributed by atoms with Crippen LogP contribution < -0.4 is 9.80 Å². The third kappa shape index (κ3) is 5.28. The topological polar surface area (TPSA) is 19.6 Å². The van der Waals surface area contributed by atoms with E-state index in [2.05, 4.69) is 242 Å². The van der Waals surface area contributed by atoms with Crippen LogP contribution in [-0.2, 0) is 10.8 Å². The van der Waals surface area contributed by atoms with Crippen molar-refractivity contribution in [2.45, 2.75) is 24.7 Å². The highest BCUT2D eigenvalue weighted by Gasteiger charge is 2.51. The van der Waals surface area contributed by atoms with Crippen LogP contribution in [0.3, 0.4) is 0 Å². The van der Waals surface area contributed by atoms with Crippen molar-refractivity contribution in [1.82, 2.24) is 0 Å². The van der Waals surface area contributed by atoms with Crippen molar-refractivity contribution in [3.8, 4) is 33.4 Å². The van der Waals surface area contributed by atoms with E-state index in [1.165, 1.54) is 67.0 Å². The van der Waals surface area contributed by atoms with Crippen molar-refractivity contribution >= 4 is 56.1 Å². The Morgan fingerprint density at radius 1 is 0.358 bits per heavy atom. The van der Waals surface area contributed by atoms with Crippen LogP contribution in [0.25, 0.3) is 55.3 Å². The lowest BCUT2D eigenvalue weighted by Gasteiger charge is -2.45. The largest absolute Gasteiger partial charge is 0.456 e. The van der Waals surface area contributed by atoms with Gasteiger partial charge in [-0.25, -0.2) is 0 Å². The van der Waals surface area contributed by atoms with Crippen molar-refractivity contribution in [3.05, 3.63) is 264 Å². The highest BCUT2D eigenvalue weighted by molar-refractivity contribution is 6.06. The van der Waals surface area contributed by atoms with Crippen LogP contribution in [0.1, 0.15) is 47.2 Å². The molecule has 316 valence electrons. The van der Waals surface area contributed by atoms with Crippen molar-refractivity contribution < 1.29 is 4.42 Å². The summed E-state index contributed by atoms with van der Waals surface area (Å²) < 4.78 is 6.20. The second-order valence-electron chi connectivity index (χ2n) is 18.8. The number of para-hydroxylation sites is 4. The highest BCUT2D eigenvalue weighted by Crippen LogP contribution is 2.64. The van der Waals surface area contributed by atoms with Crippen molar-refractivity contribution in [3.63, 3.8) is 0 Å². The molecule has 0 saturated carbocycles. The van der Waals surface area contributed by atoms with E-state index in [1.54, 1.807) is 0 Å². The molecule has 0 fully saturated rings. The Hall–Kier alpha value is -8.40. The number of hydrogen-bond acceptors (Lipinski definition) is 3. The summed E-state index contributed by atoms with van der Waals surface area (Å²) in [6.45, 7) is 4.73. The number of fused-ring (bicyclic) bond motifs is 15. The van der Waals surface area contributed by atoms with Crippen LogP contribution in [-0.4, -0.2) is 0 Å². The van der Waals surface area contributed by atoms with Crippen LogP contribution in [0.15, 0.2) is 235 Å². The quantitative estimate of drug-likeness (QED) is 0.172. The van der Waals surface area contributed by atoms with E-state index in [9.17, 15) is 0 Å². The van der Waals surface area contributed by atoms with E-state index >= 15 is 0 Å². The van der Waals surface area contributed by atoms with Crippen LogP contribution in [0.5, 0.6) is 0 Å². The minimum Gasteiger partial charge on any atom is -0.456 e. The van der Waals surface area contributed by atoms with Gasteiger partial charge in [-0.05, 0) is 146 Å². The number of benzene rings is 10. The Bertz CT molecular complexity index is 3760. The van der Waals surface area contributed by atoms with E-state index < -0.39 is 5.41 Å². The molecule has 1 aliphatic heterocycles. The molecule has 0 saturated heterocycles. The second kappa shape index (κ2) is 14.1. The van der Waals surface area contributed by atoms with Crippen molar-refractivity contribution in [2.24, 2.45) is 0 Å². The standard InChI is InChI=1S/C64H44N2O/c1-63(2)53-21-9-6-18-47(53)49-35-33-46(40-58(49)63)65(44-31-28-41(29-32-44)42-30-37-62-52(38-42)50-20-8-15-27-61(50)67-62)45-34-36-55-51(39-45)48-19-7-10-22-54(48)64(55)56-23-11-13-25-59(56)66(43-16-4-3-5-17-43)60-26-14-12-24-57(60)64/h3-40H,1-2H3. The molecule has 3 aliphatic rings. The molecule has 2 heterocycles. The molecule has 10 aromatic carbocycles. The monoisotopic (exact) mass is 856 g/mol. The lowest BCUT2D eigenvalue weighted by Crippen LogP contribution is -2.36. The van der Waals surface area contributed by atoms with Gasteiger partial charge in [-0.2, -0.15) is 0 Å². The molecule has 11 aromatic rings. The first-order valence-corrected chi connectivity index (χ1v) is 23.3. The van der Waals surface area contributed by atoms with E-state index in [4.69, 9.17) is 4.42 Å². The van der Waals surface area contributed by atoms with Crippen molar-refractivity contribution in [1.29, 1.82) is 0 Å². The fourth-order valence-electron chi connectivity index (χ4n) is 12.1. The SMILES string of the molecule is CC1(C)c2ccccc2-c2ccc(N(c3ccc(-c4ccc5oc6ccccc6c5c4)cc3)c3ccc4c(c3)-c3ccccc3C43c4ccccc4N(c4ccccc4)c4ccccc43)cc21. The molecule has 0 amide bonds. The average Bonchev–Trinajstić information content (AvgIpc) is 3.98. The second-order valence-corrected chi connectivity index (χ2v) is 18.8. The zero-order valence-corrected chi connectivity index (χ0v) is 37.2. The van der Waals surface area contributed by atoms with Gasteiger partial charge in [0.2, 0.25) is 0 Å². The normalized spacial score (nSPS) is 14.3. The van der Waals surface area contributed by atoms with E-state index in [-0.39, 0.29) is 5.41 Å². The van der Waals surface area contributed by atoms with Crippen molar-refractivity contribution in [2.75, 3.05) is 9.80 Å². The molecule has 0 atom stereocenters. The Kier molecular flexibility index (Phi) is 7.95. The first kappa shape index (κ1) is 37.9. The van der Waals surface area contributed by atoms with Crippen LogP contribution in [0, 0.1) is 0 Å². The van der Waals surface area contributed by atoms with Gasteiger partial charge in [0.15, 0.2) is 0 Å². The van der Waals surface area contributed by atoms with Gasteiger partial charge in [-0.1, -0.05) is 166 Å². The summed E-state index contributed by atoms with van der Waals surface area (Å²) in [5.41, 5.74) is 23.4. The van der Waals surface area contributed by atoms with E-state index in [0.717, 1.165) is 55.8 Å². The minimum absolute atomic E-state index is 0.147. The molecule has 0 radical (unpaired) electrons. The summed E-state index contributed by atoms with van der Waals surface area (Å²) in [5.74, 6) is 0. The lowest BCUT2D eigenvalue weighted by molar-refractivity contribution is 0.660. The number of rotatable bonds is 5. The zero-order valence-electron chi connectivity index (χ0n) is 37.2. The number of furan rings is 1. The molecule has 14 rings (SSSR count). The van der Waals surface area contributed by atoms with Gasteiger partial charge in [0.25, 0.3) is 0 Å². The minimum atomic E-state index is -0.528. The van der Waals surface area contributed by atoms with Crippen LogP contribution >= 0.6 is 0 Å². The molecule has 0 N–H and O–H groups in total. The van der Waals surface area contributed by atoms with Gasteiger partial charge in [0.05, 0.1) is 16.8 Å². The first-order valence-electron chi connectivity index (χ1n) is 23.3. The maximum Gasteiger partial charge on any atom is 0.135 e. The van der Waals surface area contributed by atoms with Crippen LogP contribution in [0.2, 0.25) is 0 Å². The summed E-state index contributed by atoms with van der Waals surface area (Å²) in [5, 5.41) is 2.27. The average molecular weight is 857 g/mol. The molecule has 1 spiro atoms. The fraction of sp³-hybridized carbons (Fsp3) is 0.0625. The third-order valence-electron chi connectivity index (χ3n) is 15.1. The van der Waals surface area contributed by atoms with Gasteiger partial charge in [0, 0.05) is 38.9 Å². The predicted octanol–water partition coefficient (Wildman–Crippen LogP) is 17.2. The maximum absolute atomic E-state index is 6.20. The Labute approximate surface area is 390 Å². The smallest absolute Gasteiger partial charge is 0.135 e. The highest BCUT2D eigenvalue weighted by atomic mass is 16.3. The van der Waals surface area contributed by atoms with Gasteiger partial charge in [0.1, 0.15) is 11.2 Å². The van der Waals surface area contributed by atoms with Crippen LogP contribution in [0.4, 0.5) is 34.1 Å². The Balaban J connectivity index is 0.962. The van der Waals surface area contributed by atoms with E-state index in [0.29, 0.717) is 0 Å². The maximum atomic E-state index is 6.20. The lowest BCUT2D eigenvalue weighted by atomic mass is 9.64. The molecular weight excluding hydrogens is 813 g/mol. The Morgan fingerprint density at radius 2 is 0.896 bits per heavy atom. The molecule has 0 bridgehead atoms. The molecule has 2 aliphatic carbocycles. The van der Waals surface area contributed by atoms with Gasteiger partial charge < -0.3 is 14.2 Å². The van der Waals surface area contributed by atoms with E-state index in [1.807, 2.05) is 12.1 Å². The summed E-state index contributed by atoms with van der Waals surface area (Å²) in [6.07, 6.45) is 0. The predicted molar refractivity (Wildman–Crippen MR) is 277 cm³/mol. The molecular formula is C64H44N2O. The summed E-state index contributed by atoms with van der Waals surface area (Å²) in [7, 11) is 0. The summed E-state index contributed by atoms with van der Waals surface area (Å²) >= 11 is 0. The Morgan fingerprint density at radius 3 is 1.66 bits per heavy atom. The number of nitrogens with zero attached hydrogens (tertiary/aromatic N) is 2. The van der Waals surface area contributed by atoms with Gasteiger partial charge in [-0.3, -0.25) is 0 Å². The molecule has 0 unspecified atom stereocenters. The number of hydrogen-bond donors (Lipinski definition) is 0. The summed E-state index contributed by atoms with van der Waals surface area (Å²) in [6, 6.07) is 85.2. The van der Waals surface area contributed by atoms with Gasteiger partial charge in [-0.15, -0.1) is 0 Å².